The number of halogens is 1. The molecular weight excluding hydrogens is 380 g/mol. The van der Waals surface area contributed by atoms with E-state index in [2.05, 4.69) is 26.2 Å². The van der Waals surface area contributed by atoms with Gasteiger partial charge < -0.3 is 9.73 Å². The molecule has 0 aliphatic rings. The minimum Gasteiger partial charge on any atom is -0.441 e. The maximum Gasteiger partial charge on any atom is 0.224 e. The molecule has 128 valence electrons. The number of amides is 1. The predicted molar refractivity (Wildman–Crippen MR) is 103 cm³/mol. The van der Waals surface area contributed by atoms with Gasteiger partial charge in [-0.25, -0.2) is 4.98 Å². The smallest absolute Gasteiger partial charge is 0.224 e. The molecule has 2 aromatic carbocycles. The van der Waals surface area contributed by atoms with Crippen molar-refractivity contribution < 1.29 is 9.21 Å². The highest BCUT2D eigenvalue weighted by molar-refractivity contribution is 9.10. The maximum atomic E-state index is 12.2. The summed E-state index contributed by atoms with van der Waals surface area (Å²) in [5.41, 5.74) is 3.95. The highest BCUT2D eigenvalue weighted by atomic mass is 79.9. The predicted octanol–water partition coefficient (Wildman–Crippen LogP) is 5.29. The lowest BCUT2D eigenvalue weighted by atomic mass is 10.1. The van der Waals surface area contributed by atoms with Crippen LogP contribution in [0.4, 0.5) is 5.69 Å². The molecular formula is C20H19BrN2O2. The highest BCUT2D eigenvalue weighted by Gasteiger charge is 2.11. The molecule has 0 fully saturated rings. The van der Waals surface area contributed by atoms with Gasteiger partial charge in [0.05, 0.1) is 6.20 Å². The Morgan fingerprint density at radius 1 is 1.16 bits per heavy atom. The summed E-state index contributed by atoms with van der Waals surface area (Å²) in [6, 6.07) is 13.8. The van der Waals surface area contributed by atoms with E-state index < -0.39 is 0 Å². The highest BCUT2D eigenvalue weighted by Crippen LogP contribution is 2.24. The standard InChI is InChI=1S/C20H19BrN2O2/c1-13-5-3-6-14(2)20(13)23-18(24)9-10-19-22-12-17(25-19)15-7-4-8-16(21)11-15/h3-8,11-12H,9-10H2,1-2H3,(H,23,24). The monoisotopic (exact) mass is 398 g/mol. The van der Waals surface area contributed by atoms with Crippen LogP contribution < -0.4 is 5.32 Å². The fraction of sp³-hybridized carbons (Fsp3) is 0.200. The molecule has 25 heavy (non-hydrogen) atoms. The van der Waals surface area contributed by atoms with Crippen LogP contribution in [0, 0.1) is 13.8 Å². The van der Waals surface area contributed by atoms with Gasteiger partial charge in [0.25, 0.3) is 0 Å². The molecule has 0 aliphatic carbocycles. The number of anilines is 1. The number of para-hydroxylation sites is 1. The summed E-state index contributed by atoms with van der Waals surface area (Å²) in [5.74, 6) is 1.22. The number of carbonyl (C=O) groups excluding carboxylic acids is 1. The minimum atomic E-state index is -0.0420. The molecule has 0 unspecified atom stereocenters. The van der Waals surface area contributed by atoms with Crippen LogP contribution in [0.3, 0.4) is 0 Å². The largest absolute Gasteiger partial charge is 0.441 e. The molecule has 0 spiro atoms. The van der Waals surface area contributed by atoms with E-state index in [1.807, 2.05) is 56.3 Å². The van der Waals surface area contributed by atoms with Crippen LogP contribution >= 0.6 is 15.9 Å². The molecule has 1 heterocycles. The van der Waals surface area contributed by atoms with Gasteiger partial charge in [0, 0.05) is 28.6 Å². The summed E-state index contributed by atoms with van der Waals surface area (Å²) in [5, 5.41) is 2.98. The number of nitrogens with one attached hydrogen (secondary N) is 1. The van der Waals surface area contributed by atoms with Crippen molar-refractivity contribution in [2.45, 2.75) is 26.7 Å². The van der Waals surface area contributed by atoms with Crippen LogP contribution in [0.25, 0.3) is 11.3 Å². The average Bonchev–Trinajstić information content (AvgIpc) is 3.06. The molecule has 0 saturated heterocycles. The van der Waals surface area contributed by atoms with Crippen molar-refractivity contribution in [2.24, 2.45) is 0 Å². The van der Waals surface area contributed by atoms with Crippen molar-refractivity contribution in [1.82, 2.24) is 4.98 Å². The van der Waals surface area contributed by atoms with Gasteiger partial charge in [-0.05, 0) is 37.1 Å². The Bertz CT molecular complexity index is 882. The van der Waals surface area contributed by atoms with Gasteiger partial charge in [0.2, 0.25) is 5.91 Å². The average molecular weight is 399 g/mol. The van der Waals surface area contributed by atoms with Gasteiger partial charge in [0.1, 0.15) is 0 Å². The van der Waals surface area contributed by atoms with Crippen LogP contribution in [0.15, 0.2) is 57.6 Å². The fourth-order valence-corrected chi connectivity index (χ4v) is 3.03. The molecule has 3 aromatic rings. The van der Waals surface area contributed by atoms with E-state index in [1.165, 1.54) is 0 Å². The number of carbonyl (C=O) groups is 1. The number of nitrogens with zero attached hydrogens (tertiary/aromatic N) is 1. The molecule has 1 amide bonds. The quantitative estimate of drug-likeness (QED) is 0.634. The Kier molecular flexibility index (Phi) is 5.34. The zero-order chi connectivity index (χ0) is 17.8. The molecule has 0 radical (unpaired) electrons. The van der Waals surface area contributed by atoms with Crippen LogP contribution in [0.2, 0.25) is 0 Å². The van der Waals surface area contributed by atoms with Gasteiger partial charge in [-0.15, -0.1) is 0 Å². The number of aryl methyl sites for hydroxylation is 3. The topological polar surface area (TPSA) is 55.1 Å². The third kappa shape index (κ3) is 4.37. The molecule has 5 heteroatoms. The molecule has 1 aromatic heterocycles. The van der Waals surface area contributed by atoms with Gasteiger partial charge in [-0.3, -0.25) is 4.79 Å². The number of benzene rings is 2. The summed E-state index contributed by atoms with van der Waals surface area (Å²) in [7, 11) is 0. The maximum absolute atomic E-state index is 12.2. The van der Waals surface area contributed by atoms with E-state index in [1.54, 1.807) is 6.20 Å². The van der Waals surface area contributed by atoms with E-state index in [0.717, 1.165) is 26.9 Å². The van der Waals surface area contributed by atoms with Crippen LogP contribution in [0.1, 0.15) is 23.4 Å². The first-order chi connectivity index (χ1) is 12.0. The van der Waals surface area contributed by atoms with Crippen molar-refractivity contribution in [2.75, 3.05) is 5.32 Å². The number of hydrogen-bond acceptors (Lipinski definition) is 3. The Morgan fingerprint density at radius 3 is 2.60 bits per heavy atom. The molecule has 1 N–H and O–H groups in total. The Labute approximate surface area is 155 Å². The van der Waals surface area contributed by atoms with Crippen molar-refractivity contribution in [1.29, 1.82) is 0 Å². The minimum absolute atomic E-state index is 0.0420. The van der Waals surface area contributed by atoms with Crippen LogP contribution in [-0.4, -0.2) is 10.9 Å². The van der Waals surface area contributed by atoms with E-state index in [4.69, 9.17) is 4.42 Å². The summed E-state index contributed by atoms with van der Waals surface area (Å²) >= 11 is 3.44. The first-order valence-corrected chi connectivity index (χ1v) is 8.89. The van der Waals surface area contributed by atoms with Crippen molar-refractivity contribution >= 4 is 27.5 Å². The summed E-state index contributed by atoms with van der Waals surface area (Å²) in [6.07, 6.45) is 2.48. The van der Waals surface area contributed by atoms with Gasteiger partial charge in [-0.2, -0.15) is 0 Å². The molecule has 0 saturated carbocycles. The lowest BCUT2D eigenvalue weighted by molar-refractivity contribution is -0.116. The molecule has 0 aliphatic heterocycles. The van der Waals surface area contributed by atoms with E-state index in [9.17, 15) is 4.79 Å². The summed E-state index contributed by atoms with van der Waals surface area (Å²) in [4.78, 5) is 16.5. The van der Waals surface area contributed by atoms with E-state index >= 15 is 0 Å². The second-order valence-corrected chi connectivity index (χ2v) is 6.86. The van der Waals surface area contributed by atoms with Crippen molar-refractivity contribution in [3.8, 4) is 11.3 Å². The SMILES string of the molecule is Cc1cccc(C)c1NC(=O)CCc1ncc(-c2cccc(Br)c2)o1. The normalized spacial score (nSPS) is 10.7. The lowest BCUT2D eigenvalue weighted by Gasteiger charge is -2.10. The molecule has 0 bridgehead atoms. The Hall–Kier alpha value is -2.40. The fourth-order valence-electron chi connectivity index (χ4n) is 2.64. The lowest BCUT2D eigenvalue weighted by Crippen LogP contribution is -2.14. The Balaban J connectivity index is 1.61. The van der Waals surface area contributed by atoms with Crippen molar-refractivity contribution in [3.05, 3.63) is 70.2 Å². The Morgan fingerprint density at radius 2 is 1.88 bits per heavy atom. The molecule has 4 nitrogen and oxygen atoms in total. The third-order valence-corrected chi connectivity index (χ3v) is 4.47. The number of hydrogen-bond donors (Lipinski definition) is 1. The third-order valence-electron chi connectivity index (χ3n) is 3.97. The van der Waals surface area contributed by atoms with Crippen LogP contribution in [-0.2, 0) is 11.2 Å². The summed E-state index contributed by atoms with van der Waals surface area (Å²) < 4.78 is 6.74. The first-order valence-electron chi connectivity index (χ1n) is 8.09. The number of aromatic nitrogens is 1. The number of rotatable bonds is 5. The second kappa shape index (κ2) is 7.66. The van der Waals surface area contributed by atoms with E-state index in [0.29, 0.717) is 24.5 Å². The summed E-state index contributed by atoms with van der Waals surface area (Å²) in [6.45, 7) is 3.97. The second-order valence-electron chi connectivity index (χ2n) is 5.94. The van der Waals surface area contributed by atoms with E-state index in [-0.39, 0.29) is 5.91 Å². The zero-order valence-electron chi connectivity index (χ0n) is 14.2. The van der Waals surface area contributed by atoms with Crippen molar-refractivity contribution in [3.63, 3.8) is 0 Å². The molecule has 3 rings (SSSR count). The van der Waals surface area contributed by atoms with Gasteiger partial charge in [-0.1, -0.05) is 46.3 Å². The number of oxazole rings is 1. The molecule has 0 atom stereocenters. The zero-order valence-corrected chi connectivity index (χ0v) is 15.8. The first kappa shape index (κ1) is 17.4. The van der Waals surface area contributed by atoms with Gasteiger partial charge >= 0.3 is 0 Å². The van der Waals surface area contributed by atoms with Crippen LogP contribution in [0.5, 0.6) is 0 Å². The van der Waals surface area contributed by atoms with Gasteiger partial charge in [0.15, 0.2) is 11.7 Å².